The van der Waals surface area contributed by atoms with Crippen molar-refractivity contribution in [1.82, 2.24) is 4.98 Å². The van der Waals surface area contributed by atoms with Crippen LogP contribution in [-0.4, -0.2) is 16.1 Å². The molecule has 0 aliphatic rings. The van der Waals surface area contributed by atoms with Crippen LogP contribution in [0.15, 0.2) is 66.0 Å². The molecular weight excluding hydrogens is 492 g/mol. The van der Waals surface area contributed by atoms with Crippen LogP contribution in [0.3, 0.4) is 0 Å². The summed E-state index contributed by atoms with van der Waals surface area (Å²) < 4.78 is 79.2. The number of aromatic nitrogens is 1. The molecule has 0 unspecified atom stereocenters. The Kier molecular flexibility index (Phi) is 6.18. The number of nitrogens with zero attached hydrogens (tertiary/aromatic N) is 1. The maximum Gasteiger partial charge on any atom is 0.416 e. The third-order valence-corrected chi connectivity index (χ3v) is 6.21. The first-order valence-electron chi connectivity index (χ1n) is 10.0. The lowest BCUT2D eigenvalue weighted by atomic mass is 9.94. The van der Waals surface area contributed by atoms with E-state index >= 15 is 0 Å². The molecule has 0 spiro atoms. The molecule has 0 radical (unpaired) electrons. The third-order valence-electron chi connectivity index (χ3n) is 5.32. The molecule has 4 rings (SSSR count). The summed E-state index contributed by atoms with van der Waals surface area (Å²) in [6.07, 6.45) is -9.95. The molecule has 0 aliphatic carbocycles. The van der Waals surface area contributed by atoms with E-state index in [-0.39, 0.29) is 27.9 Å². The van der Waals surface area contributed by atoms with Gasteiger partial charge in [0.1, 0.15) is 5.01 Å². The summed E-state index contributed by atoms with van der Waals surface area (Å²) in [5.41, 5.74) is -0.870. The van der Waals surface area contributed by atoms with E-state index in [1.807, 2.05) is 19.1 Å². The summed E-state index contributed by atoms with van der Waals surface area (Å²) in [6, 6.07) is 13.1. The quantitative estimate of drug-likeness (QED) is 0.283. The monoisotopic (exact) mass is 507 g/mol. The molecular formula is C25H15F6NO2S. The van der Waals surface area contributed by atoms with E-state index in [0.29, 0.717) is 23.3 Å². The minimum atomic E-state index is -4.98. The second-order valence-corrected chi connectivity index (χ2v) is 8.57. The topological polar surface area (TPSA) is 50.2 Å². The third kappa shape index (κ3) is 5.07. The van der Waals surface area contributed by atoms with Gasteiger partial charge in [0.2, 0.25) is 0 Å². The fraction of sp³-hybridized carbons (Fsp3) is 0.120. The van der Waals surface area contributed by atoms with Gasteiger partial charge in [-0.1, -0.05) is 36.4 Å². The van der Waals surface area contributed by atoms with Crippen molar-refractivity contribution in [2.24, 2.45) is 0 Å². The number of rotatable bonds is 4. The summed E-state index contributed by atoms with van der Waals surface area (Å²) in [5, 5.41) is 11.3. The van der Waals surface area contributed by atoms with E-state index in [0.717, 1.165) is 22.5 Å². The zero-order valence-electron chi connectivity index (χ0n) is 17.8. The van der Waals surface area contributed by atoms with Crippen LogP contribution in [0.5, 0.6) is 0 Å². The number of carbonyl (C=O) groups is 1. The number of aromatic carboxylic acids is 1. The van der Waals surface area contributed by atoms with Crippen LogP contribution in [0.2, 0.25) is 0 Å². The Hall–Kier alpha value is -3.66. The highest BCUT2D eigenvalue weighted by molar-refractivity contribution is 7.13. The van der Waals surface area contributed by atoms with E-state index in [9.17, 15) is 36.2 Å². The van der Waals surface area contributed by atoms with Gasteiger partial charge in [-0.2, -0.15) is 26.3 Å². The van der Waals surface area contributed by atoms with E-state index in [1.165, 1.54) is 11.4 Å². The van der Waals surface area contributed by atoms with Crippen LogP contribution in [0, 0.1) is 6.92 Å². The molecule has 0 saturated heterocycles. The molecule has 3 aromatic carbocycles. The average molecular weight is 507 g/mol. The van der Waals surface area contributed by atoms with E-state index in [1.54, 1.807) is 24.3 Å². The summed E-state index contributed by atoms with van der Waals surface area (Å²) in [4.78, 5) is 16.2. The second-order valence-electron chi connectivity index (χ2n) is 7.71. The van der Waals surface area contributed by atoms with Gasteiger partial charge in [0.05, 0.1) is 22.4 Å². The molecule has 4 aromatic rings. The summed E-state index contributed by atoms with van der Waals surface area (Å²) >= 11 is 0.983. The van der Waals surface area contributed by atoms with Crippen molar-refractivity contribution in [2.75, 3.05) is 0 Å². The number of halogens is 6. The van der Waals surface area contributed by atoms with Crippen molar-refractivity contribution in [2.45, 2.75) is 19.3 Å². The normalized spacial score (nSPS) is 12.1. The number of aryl methyl sites for hydroxylation is 1. The molecule has 0 atom stereocenters. The molecule has 10 heteroatoms. The molecule has 35 heavy (non-hydrogen) atoms. The number of carboxylic acid groups (broad SMARTS) is 1. The molecule has 0 aliphatic heterocycles. The van der Waals surface area contributed by atoms with Crippen molar-refractivity contribution >= 4 is 17.3 Å². The fourth-order valence-corrected chi connectivity index (χ4v) is 4.43. The maximum atomic E-state index is 13.2. The lowest BCUT2D eigenvalue weighted by Gasteiger charge is -2.13. The Morgan fingerprint density at radius 3 is 2.03 bits per heavy atom. The number of carboxylic acids is 1. The Labute approximate surface area is 199 Å². The average Bonchev–Trinajstić information content (AvgIpc) is 3.28. The van der Waals surface area contributed by atoms with Gasteiger partial charge in [-0.15, -0.1) is 11.3 Å². The predicted octanol–water partition coefficient (Wildman–Crippen LogP) is 8.19. The van der Waals surface area contributed by atoms with Crippen molar-refractivity contribution < 1.29 is 36.2 Å². The van der Waals surface area contributed by atoms with E-state index < -0.39 is 29.4 Å². The zero-order valence-corrected chi connectivity index (χ0v) is 18.6. The molecule has 180 valence electrons. The van der Waals surface area contributed by atoms with Gasteiger partial charge >= 0.3 is 18.3 Å². The highest BCUT2D eigenvalue weighted by Crippen LogP contribution is 2.40. The Balaban J connectivity index is 1.79. The number of alkyl halides is 6. The minimum absolute atomic E-state index is 0.00743. The van der Waals surface area contributed by atoms with Gasteiger partial charge in [-0.05, 0) is 47.9 Å². The summed E-state index contributed by atoms with van der Waals surface area (Å²) in [5.74, 6) is -1.19. The van der Waals surface area contributed by atoms with Crippen molar-refractivity contribution in [3.05, 3.63) is 88.3 Å². The van der Waals surface area contributed by atoms with Gasteiger partial charge in [0.15, 0.2) is 0 Å². The van der Waals surface area contributed by atoms with Gasteiger partial charge in [0.25, 0.3) is 0 Å². The first-order chi connectivity index (χ1) is 16.3. The number of thiazole rings is 1. The van der Waals surface area contributed by atoms with Gasteiger partial charge < -0.3 is 5.11 Å². The smallest absolute Gasteiger partial charge is 0.416 e. The lowest BCUT2D eigenvalue weighted by molar-refractivity contribution is -0.143. The molecule has 1 N–H and O–H groups in total. The van der Waals surface area contributed by atoms with Crippen LogP contribution in [0.1, 0.15) is 27.0 Å². The zero-order chi connectivity index (χ0) is 25.5. The Bertz CT molecular complexity index is 1390. The van der Waals surface area contributed by atoms with Crippen LogP contribution >= 0.6 is 11.3 Å². The van der Waals surface area contributed by atoms with Gasteiger partial charge in [-0.3, -0.25) is 0 Å². The number of benzene rings is 3. The Morgan fingerprint density at radius 2 is 1.46 bits per heavy atom. The van der Waals surface area contributed by atoms with Gasteiger partial charge in [0, 0.05) is 16.5 Å². The lowest BCUT2D eigenvalue weighted by Crippen LogP contribution is -2.11. The number of hydrogen-bond acceptors (Lipinski definition) is 3. The van der Waals surface area contributed by atoms with Gasteiger partial charge in [-0.25, -0.2) is 9.78 Å². The van der Waals surface area contributed by atoms with E-state index in [2.05, 4.69) is 4.98 Å². The highest BCUT2D eigenvalue weighted by Gasteiger charge is 2.37. The largest absolute Gasteiger partial charge is 0.478 e. The molecule has 3 nitrogen and oxygen atoms in total. The molecule has 0 fully saturated rings. The fourth-order valence-electron chi connectivity index (χ4n) is 3.61. The summed E-state index contributed by atoms with van der Waals surface area (Å²) in [7, 11) is 0. The second kappa shape index (κ2) is 8.84. The predicted molar refractivity (Wildman–Crippen MR) is 120 cm³/mol. The molecule has 1 aromatic heterocycles. The maximum absolute atomic E-state index is 13.2. The van der Waals surface area contributed by atoms with Crippen molar-refractivity contribution in [3.63, 3.8) is 0 Å². The Morgan fingerprint density at radius 1 is 0.829 bits per heavy atom. The number of hydrogen-bond donors (Lipinski definition) is 1. The minimum Gasteiger partial charge on any atom is -0.478 e. The first kappa shape index (κ1) is 24.5. The standard InChI is InChI=1S/C25H15F6NO2S/c1-13-4-2-3-5-18(13)19-7-6-14(10-20(19)23(33)34)22-32-21(12-35-22)15-8-16(24(26,27)28)11-17(9-15)25(29,30)31/h2-12H,1H3,(H,33,34). The molecule has 1 heterocycles. The summed E-state index contributed by atoms with van der Waals surface area (Å²) in [6.45, 7) is 1.84. The van der Waals surface area contributed by atoms with Crippen LogP contribution in [0.4, 0.5) is 26.3 Å². The SMILES string of the molecule is Cc1ccccc1-c1ccc(-c2nc(-c3cc(C(F)(F)F)cc(C(F)(F)F)c3)cs2)cc1C(=O)O. The molecule has 0 saturated carbocycles. The van der Waals surface area contributed by atoms with E-state index in [4.69, 9.17) is 0 Å². The first-order valence-corrected chi connectivity index (χ1v) is 10.9. The van der Waals surface area contributed by atoms with Crippen LogP contribution < -0.4 is 0 Å². The van der Waals surface area contributed by atoms with Crippen molar-refractivity contribution in [3.8, 4) is 33.0 Å². The highest BCUT2D eigenvalue weighted by atomic mass is 32.1. The molecule has 0 bridgehead atoms. The van der Waals surface area contributed by atoms with Crippen LogP contribution in [0.25, 0.3) is 33.0 Å². The van der Waals surface area contributed by atoms with Crippen molar-refractivity contribution in [1.29, 1.82) is 0 Å². The molecule has 0 amide bonds. The van der Waals surface area contributed by atoms with Crippen LogP contribution in [-0.2, 0) is 12.4 Å².